The van der Waals surface area contributed by atoms with Crippen molar-refractivity contribution < 1.29 is 14.5 Å². The summed E-state index contributed by atoms with van der Waals surface area (Å²) >= 11 is 3.42. The maximum absolute atomic E-state index is 13.3. The molecule has 0 unspecified atom stereocenters. The van der Waals surface area contributed by atoms with E-state index in [0.29, 0.717) is 32.2 Å². The molecule has 5 aromatic carbocycles. The number of carbonyl (C=O) groups is 1. The van der Waals surface area contributed by atoms with Crippen molar-refractivity contribution >= 4 is 55.4 Å². The Morgan fingerprint density at radius 3 is 2.44 bits per heavy atom. The third-order valence-corrected chi connectivity index (χ3v) is 7.49. The third kappa shape index (κ3) is 5.98. The van der Waals surface area contributed by atoms with E-state index in [2.05, 4.69) is 26.5 Å². The number of carbonyl (C=O) groups excluding carboxylic acids is 1. The van der Waals surface area contributed by atoms with Gasteiger partial charge in [0.2, 0.25) is 5.75 Å². The van der Waals surface area contributed by atoms with Gasteiger partial charge in [0.25, 0.3) is 5.91 Å². The summed E-state index contributed by atoms with van der Waals surface area (Å²) in [6.45, 7) is 0.148. The number of para-hydroxylation sites is 1. The summed E-state index contributed by atoms with van der Waals surface area (Å²) in [6.07, 6.45) is 1.35. The number of pyridine rings is 1. The summed E-state index contributed by atoms with van der Waals surface area (Å²) in [5.74, 6) is -0.327. The molecule has 0 atom stereocenters. The standard InChI is InChI=1S/C34H23BrN4O4/c35-29-17-22(18-32(39(41)42)33(29)43-21-25-13-8-12-23-9-4-5-14-26(23)25)20-36-38-34(40)28-19-31(24-10-2-1-3-11-24)37-30-16-7-6-15-27(28)30/h1-20H,21H2,(H,38,40)/b36-20-. The monoisotopic (exact) mass is 630 g/mol. The molecule has 1 N–H and O–H groups in total. The van der Waals surface area contributed by atoms with E-state index in [-0.39, 0.29) is 18.0 Å². The molecule has 1 amide bonds. The van der Waals surface area contributed by atoms with Gasteiger partial charge >= 0.3 is 5.69 Å². The van der Waals surface area contributed by atoms with Crippen LogP contribution in [0.25, 0.3) is 32.9 Å². The zero-order valence-corrected chi connectivity index (χ0v) is 24.2. The molecule has 0 radical (unpaired) electrons. The lowest BCUT2D eigenvalue weighted by Gasteiger charge is -2.11. The SMILES string of the molecule is O=C(N/N=C\c1cc(Br)c(OCc2cccc3ccccc23)c([N+](=O)[O-])c1)c1cc(-c2ccccc2)nc2ccccc12. The van der Waals surface area contributed by atoms with Gasteiger partial charge in [-0.25, -0.2) is 10.4 Å². The maximum atomic E-state index is 13.3. The van der Waals surface area contributed by atoms with E-state index in [4.69, 9.17) is 9.72 Å². The predicted molar refractivity (Wildman–Crippen MR) is 171 cm³/mol. The van der Waals surface area contributed by atoms with Crippen LogP contribution in [0.3, 0.4) is 0 Å². The van der Waals surface area contributed by atoms with Crippen molar-refractivity contribution in [3.05, 3.63) is 147 Å². The Morgan fingerprint density at radius 2 is 1.63 bits per heavy atom. The number of hydrogen-bond acceptors (Lipinski definition) is 6. The lowest BCUT2D eigenvalue weighted by molar-refractivity contribution is -0.386. The van der Waals surface area contributed by atoms with Crippen LogP contribution in [0.2, 0.25) is 0 Å². The van der Waals surface area contributed by atoms with Gasteiger partial charge in [-0.3, -0.25) is 14.9 Å². The number of nitro benzene ring substituents is 1. The number of rotatable bonds is 8. The van der Waals surface area contributed by atoms with Crippen LogP contribution >= 0.6 is 15.9 Å². The smallest absolute Gasteiger partial charge is 0.312 e. The number of fused-ring (bicyclic) bond motifs is 2. The van der Waals surface area contributed by atoms with Crippen molar-refractivity contribution in [3.63, 3.8) is 0 Å². The van der Waals surface area contributed by atoms with Gasteiger partial charge in [0, 0.05) is 22.6 Å². The minimum atomic E-state index is -0.507. The van der Waals surface area contributed by atoms with Crippen molar-refractivity contribution in [2.75, 3.05) is 0 Å². The Hall–Kier alpha value is -5.41. The number of nitrogens with one attached hydrogen (secondary N) is 1. The lowest BCUT2D eigenvalue weighted by Crippen LogP contribution is -2.18. The predicted octanol–water partition coefficient (Wildman–Crippen LogP) is 8.07. The van der Waals surface area contributed by atoms with E-state index in [1.54, 1.807) is 12.1 Å². The van der Waals surface area contributed by atoms with Gasteiger partial charge in [-0.2, -0.15) is 5.10 Å². The molecule has 0 fully saturated rings. The number of hydrogen-bond donors (Lipinski definition) is 1. The molecular weight excluding hydrogens is 608 g/mol. The van der Waals surface area contributed by atoms with E-state index in [1.165, 1.54) is 12.3 Å². The van der Waals surface area contributed by atoms with Crippen LogP contribution in [-0.4, -0.2) is 22.0 Å². The second-order valence-electron chi connectivity index (χ2n) is 9.67. The lowest BCUT2D eigenvalue weighted by atomic mass is 10.0. The molecular formula is C34H23BrN4O4. The minimum absolute atomic E-state index is 0.107. The number of nitro groups is 1. The number of nitrogens with zero attached hydrogens (tertiary/aromatic N) is 3. The van der Waals surface area contributed by atoms with Crippen LogP contribution < -0.4 is 10.2 Å². The molecule has 6 aromatic rings. The molecule has 0 bridgehead atoms. The van der Waals surface area contributed by atoms with Gasteiger partial charge in [-0.05, 0) is 50.5 Å². The summed E-state index contributed by atoms with van der Waals surface area (Å²) < 4.78 is 6.35. The van der Waals surface area contributed by atoms with Gasteiger partial charge in [0.05, 0.1) is 32.4 Å². The molecule has 0 aliphatic heterocycles. The van der Waals surface area contributed by atoms with E-state index in [1.807, 2.05) is 97.1 Å². The van der Waals surface area contributed by atoms with Crippen molar-refractivity contribution in [1.29, 1.82) is 0 Å². The van der Waals surface area contributed by atoms with Gasteiger partial charge in [-0.1, -0.05) is 91.0 Å². The van der Waals surface area contributed by atoms with Crippen molar-refractivity contribution in [1.82, 2.24) is 10.4 Å². The zero-order chi connectivity index (χ0) is 29.8. The Balaban J connectivity index is 1.23. The Bertz CT molecular complexity index is 2020. The third-order valence-electron chi connectivity index (χ3n) is 6.91. The average molecular weight is 631 g/mol. The normalized spacial score (nSPS) is 11.2. The second kappa shape index (κ2) is 12.2. The van der Waals surface area contributed by atoms with E-state index >= 15 is 0 Å². The fourth-order valence-electron chi connectivity index (χ4n) is 4.87. The first kappa shape index (κ1) is 27.7. The highest BCUT2D eigenvalue weighted by molar-refractivity contribution is 9.10. The molecule has 0 saturated heterocycles. The average Bonchev–Trinajstić information content (AvgIpc) is 3.03. The van der Waals surface area contributed by atoms with Crippen LogP contribution in [0.15, 0.2) is 125 Å². The van der Waals surface area contributed by atoms with Crippen LogP contribution in [0.4, 0.5) is 5.69 Å². The molecule has 43 heavy (non-hydrogen) atoms. The van der Waals surface area contributed by atoms with Gasteiger partial charge in [0.15, 0.2) is 0 Å². The van der Waals surface area contributed by atoms with Crippen LogP contribution in [0, 0.1) is 10.1 Å². The fraction of sp³-hybridized carbons (Fsp3) is 0.0294. The molecule has 1 aromatic heterocycles. The van der Waals surface area contributed by atoms with Gasteiger partial charge in [0.1, 0.15) is 6.61 Å². The molecule has 0 saturated carbocycles. The molecule has 0 aliphatic carbocycles. The number of benzene rings is 5. The summed E-state index contributed by atoms with van der Waals surface area (Å²) in [5, 5.41) is 18.8. The number of halogens is 1. The van der Waals surface area contributed by atoms with Crippen molar-refractivity contribution in [3.8, 4) is 17.0 Å². The first-order chi connectivity index (χ1) is 21.0. The molecule has 210 valence electrons. The second-order valence-corrected chi connectivity index (χ2v) is 10.5. The summed E-state index contributed by atoms with van der Waals surface area (Å²) in [7, 11) is 0. The number of ether oxygens (including phenoxy) is 1. The minimum Gasteiger partial charge on any atom is -0.481 e. The summed E-state index contributed by atoms with van der Waals surface area (Å²) in [5.41, 5.74) is 6.26. The summed E-state index contributed by atoms with van der Waals surface area (Å²) in [6, 6.07) is 35.5. The van der Waals surface area contributed by atoms with Gasteiger partial charge < -0.3 is 4.74 Å². The molecule has 0 aliphatic rings. The van der Waals surface area contributed by atoms with E-state index in [9.17, 15) is 14.9 Å². The number of aromatic nitrogens is 1. The molecule has 9 heteroatoms. The first-order valence-electron chi connectivity index (χ1n) is 13.3. The Labute approximate surface area is 254 Å². The van der Waals surface area contributed by atoms with Crippen LogP contribution in [0.5, 0.6) is 5.75 Å². The van der Waals surface area contributed by atoms with Crippen molar-refractivity contribution in [2.24, 2.45) is 5.10 Å². The molecule has 8 nitrogen and oxygen atoms in total. The van der Waals surface area contributed by atoms with E-state index < -0.39 is 10.8 Å². The fourth-order valence-corrected chi connectivity index (χ4v) is 5.45. The molecule has 1 heterocycles. The molecule has 0 spiro atoms. The highest BCUT2D eigenvalue weighted by atomic mass is 79.9. The first-order valence-corrected chi connectivity index (χ1v) is 14.1. The Morgan fingerprint density at radius 1 is 0.907 bits per heavy atom. The van der Waals surface area contributed by atoms with Crippen LogP contribution in [0.1, 0.15) is 21.5 Å². The highest BCUT2D eigenvalue weighted by Gasteiger charge is 2.21. The highest BCUT2D eigenvalue weighted by Crippen LogP contribution is 2.37. The van der Waals surface area contributed by atoms with Crippen molar-refractivity contribution in [2.45, 2.75) is 6.61 Å². The number of amides is 1. The van der Waals surface area contributed by atoms with Crippen LogP contribution in [-0.2, 0) is 6.61 Å². The van der Waals surface area contributed by atoms with Gasteiger partial charge in [-0.15, -0.1) is 0 Å². The van der Waals surface area contributed by atoms with E-state index in [0.717, 1.165) is 21.9 Å². The summed E-state index contributed by atoms with van der Waals surface area (Å²) in [4.78, 5) is 29.4. The number of hydrazone groups is 1. The maximum Gasteiger partial charge on any atom is 0.312 e. The largest absolute Gasteiger partial charge is 0.481 e. The molecule has 6 rings (SSSR count). The Kier molecular flexibility index (Phi) is 7.88. The topological polar surface area (TPSA) is 107 Å². The quantitative estimate of drug-likeness (QED) is 0.104. The zero-order valence-electron chi connectivity index (χ0n) is 22.6.